The quantitative estimate of drug-likeness (QED) is 0.546. The molecule has 33 heavy (non-hydrogen) atoms. The molecular formula is C27H29BN2O3. The summed E-state index contributed by atoms with van der Waals surface area (Å²) in [5.41, 5.74) is 6.23. The number of anilines is 2. The first kappa shape index (κ1) is 21.9. The van der Waals surface area contributed by atoms with Crippen molar-refractivity contribution in [3.05, 3.63) is 71.9 Å². The number of rotatable bonds is 4. The van der Waals surface area contributed by atoms with Gasteiger partial charge >= 0.3 is 7.12 Å². The van der Waals surface area contributed by atoms with E-state index in [4.69, 9.17) is 9.31 Å². The second kappa shape index (κ2) is 7.82. The zero-order valence-electron chi connectivity index (χ0n) is 19.9. The molecule has 0 atom stereocenters. The molecule has 1 saturated heterocycles. The summed E-state index contributed by atoms with van der Waals surface area (Å²) in [6.07, 6.45) is 3.24. The van der Waals surface area contributed by atoms with Crippen LogP contribution in [0.15, 0.2) is 60.8 Å². The summed E-state index contributed by atoms with van der Waals surface area (Å²) in [6, 6.07) is 18.4. The number of benzene rings is 2. The number of fused-ring (bicyclic) bond motifs is 1. The van der Waals surface area contributed by atoms with Crippen LogP contribution < -0.4 is 10.5 Å². The average Bonchev–Trinajstić information content (AvgIpc) is 3.24. The van der Waals surface area contributed by atoms with E-state index in [0.717, 1.165) is 40.1 Å². The number of carbonyl (C=O) groups excluding carboxylic acids is 1. The van der Waals surface area contributed by atoms with Crippen LogP contribution in [0, 0.1) is 0 Å². The van der Waals surface area contributed by atoms with E-state index < -0.39 is 18.3 Å². The minimum absolute atomic E-state index is 0.111. The molecule has 0 N–H and O–H groups in total. The topological polar surface area (TPSA) is 51.7 Å². The Bertz CT molecular complexity index is 1190. The molecule has 3 heterocycles. The van der Waals surface area contributed by atoms with E-state index in [1.54, 1.807) is 0 Å². The maximum absolute atomic E-state index is 12.7. The van der Waals surface area contributed by atoms with E-state index in [9.17, 15) is 4.79 Å². The third kappa shape index (κ3) is 3.77. The number of hydrogen-bond acceptors (Lipinski definition) is 4. The molecule has 3 aromatic rings. The van der Waals surface area contributed by atoms with E-state index in [-0.39, 0.29) is 5.91 Å². The van der Waals surface area contributed by atoms with Gasteiger partial charge in [0.05, 0.1) is 28.9 Å². The Balaban J connectivity index is 1.36. The maximum atomic E-state index is 12.7. The third-order valence-corrected chi connectivity index (χ3v) is 7.13. The first-order valence-corrected chi connectivity index (χ1v) is 11.6. The summed E-state index contributed by atoms with van der Waals surface area (Å²) < 4.78 is 12.2. The van der Waals surface area contributed by atoms with E-state index in [2.05, 4.69) is 30.1 Å². The van der Waals surface area contributed by atoms with Crippen molar-refractivity contribution in [1.29, 1.82) is 0 Å². The highest BCUT2D eigenvalue weighted by Crippen LogP contribution is 2.38. The van der Waals surface area contributed by atoms with Crippen molar-refractivity contribution in [3.63, 3.8) is 0 Å². The van der Waals surface area contributed by atoms with Crippen molar-refractivity contribution in [2.24, 2.45) is 0 Å². The van der Waals surface area contributed by atoms with Crippen LogP contribution >= 0.6 is 0 Å². The first-order chi connectivity index (χ1) is 15.7. The maximum Gasteiger partial charge on any atom is 0.514 e. The van der Waals surface area contributed by atoms with Gasteiger partial charge in [-0.15, -0.1) is 0 Å². The second-order valence-electron chi connectivity index (χ2n) is 9.83. The van der Waals surface area contributed by atoms with Gasteiger partial charge in [-0.3, -0.25) is 14.7 Å². The summed E-state index contributed by atoms with van der Waals surface area (Å²) >= 11 is 0. The van der Waals surface area contributed by atoms with Crippen molar-refractivity contribution in [1.82, 2.24) is 4.98 Å². The number of hydrogen-bond donors (Lipinski definition) is 0. The van der Waals surface area contributed by atoms with Gasteiger partial charge < -0.3 is 9.31 Å². The molecule has 1 fully saturated rings. The smallest absolute Gasteiger partial charge is 0.398 e. The van der Waals surface area contributed by atoms with Gasteiger partial charge in [0.1, 0.15) is 0 Å². The lowest BCUT2D eigenvalue weighted by molar-refractivity contribution is -0.116. The first-order valence-electron chi connectivity index (χ1n) is 11.6. The second-order valence-corrected chi connectivity index (χ2v) is 9.83. The lowest BCUT2D eigenvalue weighted by Crippen LogP contribution is -2.41. The molecule has 168 valence electrons. The van der Waals surface area contributed by atoms with Crippen molar-refractivity contribution in [3.8, 4) is 11.1 Å². The molecule has 0 radical (unpaired) electrons. The average molecular weight is 440 g/mol. The van der Waals surface area contributed by atoms with Crippen molar-refractivity contribution < 1.29 is 14.1 Å². The molecular weight excluding hydrogens is 411 g/mol. The van der Waals surface area contributed by atoms with Crippen LogP contribution in [0.25, 0.3) is 11.1 Å². The molecule has 2 aromatic carbocycles. The molecule has 6 heteroatoms. The zero-order chi connectivity index (χ0) is 23.4. The minimum Gasteiger partial charge on any atom is -0.398 e. The fraction of sp³-hybridized carbons (Fsp3) is 0.333. The number of aromatic nitrogens is 1. The number of amides is 1. The Morgan fingerprint density at radius 1 is 0.939 bits per heavy atom. The zero-order valence-corrected chi connectivity index (χ0v) is 19.9. The Labute approximate surface area is 195 Å². The molecule has 1 amide bonds. The molecule has 1 aromatic heterocycles. The largest absolute Gasteiger partial charge is 0.514 e. The third-order valence-electron chi connectivity index (χ3n) is 7.13. The van der Waals surface area contributed by atoms with Gasteiger partial charge in [0.25, 0.3) is 0 Å². The molecule has 0 aliphatic carbocycles. The van der Waals surface area contributed by atoms with Crippen LogP contribution in [0.2, 0.25) is 0 Å². The van der Waals surface area contributed by atoms with Crippen molar-refractivity contribution >= 4 is 30.0 Å². The molecule has 5 nitrogen and oxygen atoms in total. The molecule has 0 spiro atoms. The standard InChI is InChI=1S/C27H29BN2O3/c1-6-18-7-8-20-16-25(31)30(23(20)15-18)22-12-9-19(10-13-22)21-11-14-24(29-17-21)28-32-26(2,3)27(4,5)33-28/h7-15,17H,6,16H2,1-5H3. The van der Waals surface area contributed by atoms with E-state index in [1.807, 2.05) is 75.2 Å². The summed E-state index contributed by atoms with van der Waals surface area (Å²) in [5, 5.41) is 0. The van der Waals surface area contributed by atoms with Crippen LogP contribution in [0.4, 0.5) is 11.4 Å². The van der Waals surface area contributed by atoms with Gasteiger partial charge in [-0.2, -0.15) is 0 Å². The monoisotopic (exact) mass is 440 g/mol. The molecule has 0 unspecified atom stereocenters. The predicted octanol–water partition coefficient (Wildman–Crippen LogP) is 4.83. The highest BCUT2D eigenvalue weighted by atomic mass is 16.7. The number of pyridine rings is 1. The van der Waals surface area contributed by atoms with Gasteiger partial charge in [0.2, 0.25) is 5.91 Å². The lowest BCUT2D eigenvalue weighted by Gasteiger charge is -2.32. The Morgan fingerprint density at radius 3 is 2.21 bits per heavy atom. The van der Waals surface area contributed by atoms with Gasteiger partial charge in [-0.1, -0.05) is 37.3 Å². The van der Waals surface area contributed by atoms with Gasteiger partial charge in [-0.05, 0) is 80.6 Å². The van der Waals surface area contributed by atoms with E-state index in [1.165, 1.54) is 5.56 Å². The van der Waals surface area contributed by atoms with Crippen molar-refractivity contribution in [2.45, 2.75) is 58.7 Å². The molecule has 2 aliphatic heterocycles. The van der Waals surface area contributed by atoms with Crippen LogP contribution in [0.1, 0.15) is 45.7 Å². The summed E-state index contributed by atoms with van der Waals surface area (Å²) in [4.78, 5) is 19.2. The van der Waals surface area contributed by atoms with Crippen LogP contribution in [0.3, 0.4) is 0 Å². The Morgan fingerprint density at radius 2 is 1.61 bits per heavy atom. The predicted molar refractivity (Wildman–Crippen MR) is 132 cm³/mol. The Hall–Kier alpha value is -2.96. The fourth-order valence-corrected chi connectivity index (χ4v) is 4.33. The molecule has 0 saturated carbocycles. The highest BCUT2D eigenvalue weighted by Gasteiger charge is 2.52. The number of carbonyl (C=O) groups is 1. The number of nitrogens with zero attached hydrogens (tertiary/aromatic N) is 2. The summed E-state index contributed by atoms with van der Waals surface area (Å²) in [7, 11) is -0.472. The van der Waals surface area contributed by atoms with Crippen LogP contribution in [-0.2, 0) is 26.9 Å². The molecule has 0 bridgehead atoms. The van der Waals surface area contributed by atoms with E-state index in [0.29, 0.717) is 6.42 Å². The van der Waals surface area contributed by atoms with E-state index >= 15 is 0 Å². The molecule has 2 aliphatic rings. The SMILES string of the molecule is CCc1ccc2c(c1)N(c1ccc(-c3ccc(B4OC(C)(C)C(C)(C)O4)nc3)cc1)C(=O)C2. The minimum atomic E-state index is -0.472. The van der Waals surface area contributed by atoms with Crippen LogP contribution in [0.5, 0.6) is 0 Å². The van der Waals surface area contributed by atoms with Gasteiger partial charge in [-0.25, -0.2) is 0 Å². The van der Waals surface area contributed by atoms with Gasteiger partial charge in [0, 0.05) is 11.9 Å². The lowest BCUT2D eigenvalue weighted by atomic mass is 9.84. The van der Waals surface area contributed by atoms with Crippen molar-refractivity contribution in [2.75, 3.05) is 4.90 Å². The normalized spacial score (nSPS) is 18.6. The fourth-order valence-electron chi connectivity index (χ4n) is 4.33. The number of aryl methyl sites for hydroxylation is 1. The Kier molecular flexibility index (Phi) is 5.18. The van der Waals surface area contributed by atoms with Gasteiger partial charge in [0.15, 0.2) is 0 Å². The molecule has 5 rings (SSSR count). The highest BCUT2D eigenvalue weighted by molar-refractivity contribution is 6.61. The summed E-state index contributed by atoms with van der Waals surface area (Å²) in [5.74, 6) is 0.111. The van der Waals surface area contributed by atoms with Crippen LogP contribution in [-0.4, -0.2) is 29.2 Å². The summed E-state index contributed by atoms with van der Waals surface area (Å²) in [6.45, 7) is 10.3.